The molecular formula is C33H38F3N7O3S. The topological polar surface area (TPSA) is 130 Å². The molecule has 1 saturated carbocycles. The van der Waals surface area contributed by atoms with Crippen LogP contribution in [-0.4, -0.2) is 75.6 Å². The smallest absolute Gasteiger partial charge is 0.277 e. The van der Waals surface area contributed by atoms with E-state index < -0.39 is 33.8 Å². The molecule has 3 fully saturated rings. The third-order valence-corrected chi connectivity index (χ3v) is 11.2. The Morgan fingerprint density at radius 1 is 1.00 bits per heavy atom. The maximum atomic E-state index is 14.5. The van der Waals surface area contributed by atoms with E-state index in [1.807, 2.05) is 6.20 Å². The molecule has 7 rings (SSSR count). The third kappa shape index (κ3) is 6.73. The maximum absolute atomic E-state index is 14.5. The number of halogens is 3. The van der Waals surface area contributed by atoms with E-state index in [4.69, 9.17) is 5.14 Å². The molecule has 47 heavy (non-hydrogen) atoms. The van der Waals surface area contributed by atoms with Crippen LogP contribution in [0.2, 0.25) is 0 Å². The minimum Gasteiger partial charge on any atom is -0.352 e. The first-order valence-electron chi connectivity index (χ1n) is 16.3. The van der Waals surface area contributed by atoms with Gasteiger partial charge in [-0.15, -0.1) is 5.10 Å². The van der Waals surface area contributed by atoms with Gasteiger partial charge in [0, 0.05) is 47.1 Å². The molecule has 2 saturated heterocycles. The molecule has 14 heteroatoms. The van der Waals surface area contributed by atoms with Crippen molar-refractivity contribution in [1.82, 2.24) is 29.2 Å². The standard InChI is InChI=1S/C33H38F3N7O3S/c34-23-6-7-28-25(17-23)31(32(38-28)33(44)21-4-5-21)29-19-42(40-39-29)18-20-8-12-41(13-9-20)14-11-24-16-22(10-15-43(24)47(37,45)46)30-26(35)2-1-3-27(30)36/h1-3,6-7,17,19-22,24,38H,4-5,8-16,18H2,(H2,37,45,46). The van der Waals surface area contributed by atoms with E-state index >= 15 is 0 Å². The second kappa shape index (κ2) is 12.8. The van der Waals surface area contributed by atoms with Gasteiger partial charge >= 0.3 is 0 Å². The minimum atomic E-state index is -3.96. The zero-order chi connectivity index (χ0) is 32.9. The number of piperidine rings is 2. The molecule has 3 aliphatic rings. The summed E-state index contributed by atoms with van der Waals surface area (Å²) in [5, 5.41) is 14.9. The number of ketones is 1. The van der Waals surface area contributed by atoms with E-state index in [0.717, 1.165) is 38.8 Å². The van der Waals surface area contributed by atoms with E-state index in [1.54, 1.807) is 10.7 Å². The zero-order valence-corrected chi connectivity index (χ0v) is 26.7. The molecule has 2 atom stereocenters. The Morgan fingerprint density at radius 2 is 1.74 bits per heavy atom. The Labute approximate surface area is 271 Å². The highest BCUT2D eigenvalue weighted by Gasteiger charge is 2.37. The highest BCUT2D eigenvalue weighted by Crippen LogP contribution is 2.39. The van der Waals surface area contributed by atoms with E-state index in [0.29, 0.717) is 66.1 Å². The van der Waals surface area contributed by atoms with Crippen LogP contribution in [0.4, 0.5) is 13.2 Å². The summed E-state index contributed by atoms with van der Waals surface area (Å²) in [5.74, 6) is -1.69. The van der Waals surface area contributed by atoms with Crippen molar-refractivity contribution >= 4 is 26.9 Å². The molecule has 2 unspecified atom stereocenters. The quantitative estimate of drug-likeness (QED) is 0.229. The first kappa shape index (κ1) is 32.0. The number of aromatic amines is 1. The van der Waals surface area contributed by atoms with Crippen molar-refractivity contribution in [2.45, 2.75) is 63.5 Å². The summed E-state index contributed by atoms with van der Waals surface area (Å²) >= 11 is 0. The second-order valence-electron chi connectivity index (χ2n) is 13.3. The first-order chi connectivity index (χ1) is 22.5. The normalized spacial score (nSPS) is 21.9. The molecule has 0 bridgehead atoms. The van der Waals surface area contributed by atoms with Crippen LogP contribution >= 0.6 is 0 Å². The molecule has 1 aliphatic carbocycles. The predicted molar refractivity (Wildman–Crippen MR) is 170 cm³/mol. The van der Waals surface area contributed by atoms with Gasteiger partial charge in [-0.05, 0) is 107 Å². The van der Waals surface area contributed by atoms with Crippen LogP contribution in [0.25, 0.3) is 22.2 Å². The Bertz CT molecular complexity index is 1880. The fourth-order valence-corrected chi connectivity index (χ4v) is 8.41. The van der Waals surface area contributed by atoms with Gasteiger partial charge in [0.15, 0.2) is 5.78 Å². The number of likely N-dealkylation sites (tertiary alicyclic amines) is 1. The van der Waals surface area contributed by atoms with Gasteiger partial charge in [-0.1, -0.05) is 11.3 Å². The van der Waals surface area contributed by atoms with Gasteiger partial charge in [-0.3, -0.25) is 9.48 Å². The highest BCUT2D eigenvalue weighted by molar-refractivity contribution is 7.86. The molecule has 4 aromatic rings. The van der Waals surface area contributed by atoms with Crippen molar-refractivity contribution in [1.29, 1.82) is 0 Å². The number of carbonyl (C=O) groups excluding carboxylic acids is 1. The van der Waals surface area contributed by atoms with Crippen molar-refractivity contribution in [3.05, 3.63) is 71.3 Å². The molecule has 0 spiro atoms. The third-order valence-electron chi connectivity index (χ3n) is 10.1. The SMILES string of the molecule is NS(=O)(=O)N1CCC(c2c(F)cccc2F)CC1CCN1CCC(Cn2cc(-c3c(C(=O)C4CC4)[nH]c4ccc(F)cc34)nn2)CC1. The molecule has 3 N–H and O–H groups in total. The lowest BCUT2D eigenvalue weighted by Gasteiger charge is -2.39. The largest absolute Gasteiger partial charge is 0.352 e. The number of nitrogens with two attached hydrogens (primary N) is 1. The van der Waals surface area contributed by atoms with E-state index in [1.165, 1.54) is 34.6 Å². The van der Waals surface area contributed by atoms with Crippen molar-refractivity contribution in [3.8, 4) is 11.3 Å². The van der Waals surface area contributed by atoms with Gasteiger partial charge in [0.1, 0.15) is 23.1 Å². The monoisotopic (exact) mass is 669 g/mol. The van der Waals surface area contributed by atoms with Crippen LogP contribution in [-0.2, 0) is 16.8 Å². The fraction of sp³-hybridized carbons (Fsp3) is 0.485. The lowest BCUT2D eigenvalue weighted by molar-refractivity contribution is 0.0964. The highest BCUT2D eigenvalue weighted by atomic mass is 32.2. The predicted octanol–water partition coefficient (Wildman–Crippen LogP) is 4.99. The number of rotatable bonds is 10. The molecule has 0 amide bonds. The van der Waals surface area contributed by atoms with Gasteiger partial charge in [-0.25, -0.2) is 18.3 Å². The molecule has 2 aliphatic heterocycles. The minimum absolute atomic E-state index is 0.0101. The average Bonchev–Trinajstić information content (AvgIpc) is 3.68. The van der Waals surface area contributed by atoms with Gasteiger partial charge in [-0.2, -0.15) is 12.7 Å². The molecule has 0 radical (unpaired) electrons. The van der Waals surface area contributed by atoms with Crippen LogP contribution in [0, 0.1) is 29.3 Å². The van der Waals surface area contributed by atoms with Crippen molar-refractivity contribution < 1.29 is 26.4 Å². The number of carbonyl (C=O) groups is 1. The summed E-state index contributed by atoms with van der Waals surface area (Å²) in [6, 6.07) is 7.78. The summed E-state index contributed by atoms with van der Waals surface area (Å²) in [7, 11) is -3.96. The molecular weight excluding hydrogens is 631 g/mol. The number of nitrogens with zero attached hydrogens (tertiary/aromatic N) is 5. The Balaban J connectivity index is 0.978. The molecule has 250 valence electrons. The van der Waals surface area contributed by atoms with Crippen molar-refractivity contribution in [2.75, 3.05) is 26.2 Å². The number of aromatic nitrogens is 4. The fourth-order valence-electron chi connectivity index (χ4n) is 7.44. The summed E-state index contributed by atoms with van der Waals surface area (Å²) < 4.78 is 71.1. The number of nitrogens with one attached hydrogen (secondary N) is 1. The maximum Gasteiger partial charge on any atom is 0.277 e. The molecule has 4 heterocycles. The summed E-state index contributed by atoms with van der Waals surface area (Å²) in [5.41, 5.74) is 2.28. The average molecular weight is 670 g/mol. The number of fused-ring (bicyclic) bond motifs is 1. The van der Waals surface area contributed by atoms with E-state index in [9.17, 15) is 26.4 Å². The summed E-state index contributed by atoms with van der Waals surface area (Å²) in [4.78, 5) is 18.6. The number of H-pyrrole nitrogens is 1. The van der Waals surface area contributed by atoms with Crippen molar-refractivity contribution in [2.24, 2.45) is 17.0 Å². The number of Topliss-reactive ketones (excluding diaryl/α,β-unsaturated/α-hetero) is 1. The van der Waals surface area contributed by atoms with Crippen LogP contribution in [0.5, 0.6) is 0 Å². The van der Waals surface area contributed by atoms with Gasteiger partial charge < -0.3 is 9.88 Å². The zero-order valence-electron chi connectivity index (χ0n) is 25.9. The Morgan fingerprint density at radius 3 is 2.45 bits per heavy atom. The summed E-state index contributed by atoms with van der Waals surface area (Å²) in [6.45, 7) is 3.01. The molecule has 10 nitrogen and oxygen atoms in total. The number of hydrogen-bond donors (Lipinski definition) is 2. The van der Waals surface area contributed by atoms with Gasteiger partial charge in [0.05, 0.1) is 11.9 Å². The van der Waals surface area contributed by atoms with Crippen LogP contribution in [0.1, 0.15) is 66.9 Å². The van der Waals surface area contributed by atoms with Crippen molar-refractivity contribution in [3.63, 3.8) is 0 Å². The summed E-state index contributed by atoms with van der Waals surface area (Å²) in [6.07, 6.45) is 6.43. The van der Waals surface area contributed by atoms with Gasteiger partial charge in [0.2, 0.25) is 0 Å². The molecule has 2 aromatic heterocycles. The van der Waals surface area contributed by atoms with Crippen LogP contribution < -0.4 is 5.14 Å². The van der Waals surface area contributed by atoms with Crippen LogP contribution in [0.15, 0.2) is 42.6 Å². The second-order valence-corrected chi connectivity index (χ2v) is 14.8. The first-order valence-corrected chi connectivity index (χ1v) is 17.8. The lowest BCUT2D eigenvalue weighted by atomic mass is 9.84. The van der Waals surface area contributed by atoms with E-state index in [-0.39, 0.29) is 29.6 Å². The van der Waals surface area contributed by atoms with Crippen LogP contribution in [0.3, 0.4) is 0 Å². The molecule has 2 aromatic carbocycles. The van der Waals surface area contributed by atoms with Gasteiger partial charge in [0.25, 0.3) is 10.2 Å². The Kier molecular flexibility index (Phi) is 8.70. The number of benzene rings is 2. The lowest BCUT2D eigenvalue weighted by Crippen LogP contribution is -2.50. The number of hydrogen-bond acceptors (Lipinski definition) is 6. The Hall–Kier alpha value is -3.59. The van der Waals surface area contributed by atoms with E-state index in [2.05, 4.69) is 20.2 Å².